The molecule has 2 amide bonds. The number of H-pyrrole nitrogens is 1. The number of carbonyl (C=O) groups excluding carboxylic acids is 2. The normalized spacial score (nSPS) is 13.2. The van der Waals surface area contributed by atoms with Crippen LogP contribution in [0.15, 0.2) is 42.5 Å². The summed E-state index contributed by atoms with van der Waals surface area (Å²) >= 11 is 0. The molecule has 6 heteroatoms. The van der Waals surface area contributed by atoms with Gasteiger partial charge in [-0.25, -0.2) is 0 Å². The van der Waals surface area contributed by atoms with Crippen molar-refractivity contribution in [2.75, 3.05) is 24.6 Å². The van der Waals surface area contributed by atoms with Crippen molar-refractivity contribution in [3.05, 3.63) is 59.3 Å². The Hall–Kier alpha value is -3.28. The van der Waals surface area contributed by atoms with E-state index in [0.717, 1.165) is 46.6 Å². The average molecular weight is 405 g/mol. The highest BCUT2D eigenvalue weighted by atomic mass is 16.5. The Morgan fingerprint density at radius 2 is 1.90 bits per heavy atom. The molecule has 30 heavy (non-hydrogen) atoms. The molecule has 0 radical (unpaired) electrons. The lowest BCUT2D eigenvalue weighted by Gasteiger charge is -2.26. The zero-order valence-corrected chi connectivity index (χ0v) is 17.7. The molecule has 0 unspecified atom stereocenters. The Morgan fingerprint density at radius 3 is 2.57 bits per heavy atom. The van der Waals surface area contributed by atoms with Gasteiger partial charge in [0.2, 0.25) is 5.91 Å². The second kappa shape index (κ2) is 8.22. The third kappa shape index (κ3) is 3.65. The summed E-state index contributed by atoms with van der Waals surface area (Å²) in [6.45, 7) is 7.99. The Balaban J connectivity index is 1.65. The van der Waals surface area contributed by atoms with Gasteiger partial charge in [-0.3, -0.25) is 9.59 Å². The van der Waals surface area contributed by atoms with Crippen LogP contribution < -0.4 is 9.64 Å². The number of carbonyl (C=O) groups is 2. The molecule has 0 spiro atoms. The molecule has 1 aliphatic heterocycles. The van der Waals surface area contributed by atoms with Crippen molar-refractivity contribution in [3.63, 3.8) is 0 Å². The van der Waals surface area contributed by atoms with Crippen LogP contribution >= 0.6 is 0 Å². The van der Waals surface area contributed by atoms with Gasteiger partial charge in [0, 0.05) is 66.4 Å². The van der Waals surface area contributed by atoms with Crippen molar-refractivity contribution in [2.24, 2.45) is 0 Å². The van der Waals surface area contributed by atoms with Crippen LogP contribution in [0.4, 0.5) is 5.69 Å². The number of aromatic amines is 1. The predicted molar refractivity (Wildman–Crippen MR) is 118 cm³/mol. The Labute approximate surface area is 176 Å². The second-order valence-corrected chi connectivity index (χ2v) is 7.51. The molecule has 0 fully saturated rings. The van der Waals surface area contributed by atoms with E-state index in [9.17, 15) is 9.59 Å². The average Bonchev–Trinajstić information content (AvgIpc) is 3.12. The predicted octanol–water partition coefficient (Wildman–Crippen LogP) is 4.14. The van der Waals surface area contributed by atoms with Crippen molar-refractivity contribution in [1.29, 1.82) is 0 Å². The van der Waals surface area contributed by atoms with Crippen molar-refractivity contribution < 1.29 is 14.3 Å². The largest absolute Gasteiger partial charge is 0.494 e. The summed E-state index contributed by atoms with van der Waals surface area (Å²) in [6, 6.07) is 13.4. The van der Waals surface area contributed by atoms with Crippen molar-refractivity contribution in [2.45, 2.75) is 33.7 Å². The van der Waals surface area contributed by atoms with Crippen LogP contribution in [0.1, 0.15) is 42.4 Å². The molecule has 2 aromatic carbocycles. The first-order valence-corrected chi connectivity index (χ1v) is 10.5. The molecule has 156 valence electrons. The first kappa shape index (κ1) is 20.0. The molecule has 3 aromatic rings. The number of aromatic nitrogens is 1. The third-order valence-electron chi connectivity index (χ3n) is 5.69. The lowest BCUT2D eigenvalue weighted by atomic mass is 10.0. The molecular weight excluding hydrogens is 378 g/mol. The summed E-state index contributed by atoms with van der Waals surface area (Å²) in [7, 11) is 0. The number of fused-ring (bicyclic) bond motifs is 3. The van der Waals surface area contributed by atoms with Gasteiger partial charge < -0.3 is 19.5 Å². The molecule has 2 heterocycles. The third-order valence-corrected chi connectivity index (χ3v) is 5.69. The number of amides is 2. The van der Waals surface area contributed by atoms with Crippen LogP contribution in [-0.2, 0) is 17.8 Å². The van der Waals surface area contributed by atoms with Crippen molar-refractivity contribution >= 4 is 28.4 Å². The van der Waals surface area contributed by atoms with Crippen LogP contribution in [0.25, 0.3) is 10.9 Å². The van der Waals surface area contributed by atoms with E-state index in [4.69, 9.17) is 4.74 Å². The highest BCUT2D eigenvalue weighted by molar-refractivity contribution is 6.08. The molecule has 1 aliphatic rings. The lowest BCUT2D eigenvalue weighted by molar-refractivity contribution is -0.129. The SMILES string of the molecule is CCOc1ccc(N(CC)C(=O)c2ccc3[nH]c4c(c3c2)CN(C(C)=O)CC4)cc1. The van der Waals surface area contributed by atoms with Gasteiger partial charge in [-0.1, -0.05) is 0 Å². The minimum Gasteiger partial charge on any atom is -0.494 e. The van der Waals surface area contributed by atoms with E-state index in [1.54, 1.807) is 11.8 Å². The van der Waals surface area contributed by atoms with Crippen molar-refractivity contribution in [3.8, 4) is 5.75 Å². The first-order valence-electron chi connectivity index (χ1n) is 10.5. The maximum atomic E-state index is 13.3. The summed E-state index contributed by atoms with van der Waals surface area (Å²) in [5, 5.41) is 1.02. The van der Waals surface area contributed by atoms with Crippen LogP contribution in [0, 0.1) is 0 Å². The van der Waals surface area contributed by atoms with E-state index >= 15 is 0 Å². The van der Waals surface area contributed by atoms with Gasteiger partial charge in [-0.15, -0.1) is 0 Å². The number of nitrogens with zero attached hydrogens (tertiary/aromatic N) is 2. The Kier molecular flexibility index (Phi) is 5.48. The number of hydrogen-bond acceptors (Lipinski definition) is 3. The minimum atomic E-state index is -0.0438. The highest BCUT2D eigenvalue weighted by Crippen LogP contribution is 2.29. The van der Waals surface area contributed by atoms with Gasteiger partial charge in [-0.05, 0) is 56.3 Å². The zero-order valence-electron chi connectivity index (χ0n) is 17.7. The van der Waals surface area contributed by atoms with E-state index in [0.29, 0.717) is 25.3 Å². The fraction of sp³-hybridized carbons (Fsp3) is 0.333. The second-order valence-electron chi connectivity index (χ2n) is 7.51. The first-order chi connectivity index (χ1) is 14.5. The molecule has 0 bridgehead atoms. The molecular formula is C24H27N3O3. The number of nitrogens with one attached hydrogen (secondary N) is 1. The van der Waals surface area contributed by atoms with Crippen LogP contribution in [-0.4, -0.2) is 41.4 Å². The monoisotopic (exact) mass is 405 g/mol. The fourth-order valence-electron chi connectivity index (χ4n) is 4.10. The molecule has 0 saturated carbocycles. The Morgan fingerprint density at radius 1 is 1.13 bits per heavy atom. The number of ether oxygens (including phenoxy) is 1. The highest BCUT2D eigenvalue weighted by Gasteiger charge is 2.23. The van der Waals surface area contributed by atoms with Gasteiger partial charge in [0.05, 0.1) is 6.61 Å². The summed E-state index contributed by atoms with van der Waals surface area (Å²) in [6.07, 6.45) is 0.806. The van der Waals surface area contributed by atoms with E-state index < -0.39 is 0 Å². The molecule has 6 nitrogen and oxygen atoms in total. The molecule has 0 aliphatic carbocycles. The number of hydrogen-bond donors (Lipinski definition) is 1. The van der Waals surface area contributed by atoms with Gasteiger partial charge in [-0.2, -0.15) is 0 Å². The molecule has 1 aromatic heterocycles. The summed E-state index contributed by atoms with van der Waals surface area (Å²) < 4.78 is 5.50. The standard InChI is InChI=1S/C24H27N3O3/c1-4-27(18-7-9-19(10-8-18)30-5-2)24(29)17-6-11-22-20(14-17)21-15-26(16(3)28)13-12-23(21)25-22/h6-11,14,25H,4-5,12-13,15H2,1-3H3. The maximum Gasteiger partial charge on any atom is 0.258 e. The van der Waals surface area contributed by atoms with Crippen LogP contribution in [0.2, 0.25) is 0 Å². The summed E-state index contributed by atoms with van der Waals surface area (Å²) in [5.41, 5.74) is 4.76. The van der Waals surface area contributed by atoms with E-state index in [-0.39, 0.29) is 11.8 Å². The molecule has 1 N–H and O–H groups in total. The van der Waals surface area contributed by atoms with Gasteiger partial charge in [0.15, 0.2) is 0 Å². The van der Waals surface area contributed by atoms with Crippen LogP contribution in [0.3, 0.4) is 0 Å². The zero-order chi connectivity index (χ0) is 21.3. The van der Waals surface area contributed by atoms with Crippen molar-refractivity contribution in [1.82, 2.24) is 9.88 Å². The van der Waals surface area contributed by atoms with Gasteiger partial charge in [0.25, 0.3) is 5.91 Å². The van der Waals surface area contributed by atoms with E-state index in [2.05, 4.69) is 4.98 Å². The maximum absolute atomic E-state index is 13.3. The minimum absolute atomic E-state index is 0.0438. The Bertz CT molecular complexity index is 1090. The molecule has 0 saturated heterocycles. The quantitative estimate of drug-likeness (QED) is 0.694. The smallest absolute Gasteiger partial charge is 0.258 e. The number of anilines is 1. The fourth-order valence-corrected chi connectivity index (χ4v) is 4.10. The van der Waals surface area contributed by atoms with Gasteiger partial charge >= 0.3 is 0 Å². The van der Waals surface area contributed by atoms with Gasteiger partial charge in [0.1, 0.15) is 5.75 Å². The van der Waals surface area contributed by atoms with Crippen LogP contribution in [0.5, 0.6) is 5.75 Å². The molecule has 0 atom stereocenters. The molecule has 4 rings (SSSR count). The van der Waals surface area contributed by atoms with E-state index in [1.807, 2.05) is 61.2 Å². The lowest BCUT2D eigenvalue weighted by Crippen LogP contribution is -2.34. The topological polar surface area (TPSA) is 65.6 Å². The van der Waals surface area contributed by atoms with E-state index in [1.165, 1.54) is 0 Å². The summed E-state index contributed by atoms with van der Waals surface area (Å²) in [4.78, 5) is 32.2. The number of rotatable bonds is 5. The summed E-state index contributed by atoms with van der Waals surface area (Å²) in [5.74, 6) is 0.827. The number of benzene rings is 2.